The van der Waals surface area contributed by atoms with Gasteiger partial charge in [-0.3, -0.25) is 0 Å². The number of rotatable bonds is 5. The van der Waals surface area contributed by atoms with Gasteiger partial charge < -0.3 is 9.53 Å². The molecule has 1 aromatic carbocycles. The third kappa shape index (κ3) is 3.21. The van der Waals surface area contributed by atoms with Crippen LogP contribution in [-0.4, -0.2) is 12.9 Å². The molecule has 0 radical (unpaired) electrons. The van der Waals surface area contributed by atoms with E-state index in [1.807, 2.05) is 24.3 Å². The maximum Gasteiger partial charge on any atom is 0.124 e. The molecule has 76 valence electrons. The number of carbonyl (C=O) groups is 1. The first-order valence-corrected chi connectivity index (χ1v) is 4.88. The maximum atomic E-state index is 10.4. The van der Waals surface area contributed by atoms with Gasteiger partial charge in [-0.2, -0.15) is 0 Å². The molecule has 1 rings (SSSR count). The van der Waals surface area contributed by atoms with Crippen molar-refractivity contribution in [3.05, 3.63) is 29.8 Å². The second-order valence-electron chi connectivity index (χ2n) is 3.68. The van der Waals surface area contributed by atoms with E-state index in [4.69, 9.17) is 4.74 Å². The Morgan fingerprint density at radius 2 is 2.07 bits per heavy atom. The van der Waals surface area contributed by atoms with Gasteiger partial charge in [0.15, 0.2) is 0 Å². The summed E-state index contributed by atoms with van der Waals surface area (Å²) >= 11 is 0. The lowest BCUT2D eigenvalue weighted by Gasteiger charge is -2.11. The summed E-state index contributed by atoms with van der Waals surface area (Å²) in [5.74, 6) is 1.33. The standard InChI is InChI=1S/C12H16O2/c1-10(2)9-14-12-6-4-3-5-11(12)7-8-13/h3-6,8,10H,7,9H2,1-2H3. The average molecular weight is 192 g/mol. The van der Waals surface area contributed by atoms with Gasteiger partial charge in [0, 0.05) is 12.0 Å². The van der Waals surface area contributed by atoms with Crippen molar-refractivity contribution in [1.82, 2.24) is 0 Å². The highest BCUT2D eigenvalue weighted by Crippen LogP contribution is 2.18. The highest BCUT2D eigenvalue weighted by molar-refractivity contribution is 5.57. The lowest BCUT2D eigenvalue weighted by atomic mass is 10.1. The summed E-state index contributed by atoms with van der Waals surface area (Å²) < 4.78 is 5.59. The van der Waals surface area contributed by atoms with Crippen molar-refractivity contribution in [3.63, 3.8) is 0 Å². The predicted octanol–water partition coefficient (Wildman–Crippen LogP) is 2.46. The zero-order valence-corrected chi connectivity index (χ0v) is 8.69. The molecule has 0 bridgehead atoms. The number of carbonyl (C=O) groups excluding carboxylic acids is 1. The molecular formula is C12H16O2. The number of para-hydroxylation sites is 1. The molecule has 0 aliphatic heterocycles. The van der Waals surface area contributed by atoms with E-state index >= 15 is 0 Å². The minimum atomic E-state index is 0.425. The van der Waals surface area contributed by atoms with E-state index in [1.165, 1.54) is 0 Å². The van der Waals surface area contributed by atoms with Crippen molar-refractivity contribution in [2.24, 2.45) is 5.92 Å². The molecule has 0 atom stereocenters. The van der Waals surface area contributed by atoms with Crippen LogP contribution in [0.25, 0.3) is 0 Å². The SMILES string of the molecule is CC(C)COc1ccccc1CC=O. The van der Waals surface area contributed by atoms with E-state index in [2.05, 4.69) is 13.8 Å². The van der Waals surface area contributed by atoms with Gasteiger partial charge in [0.25, 0.3) is 0 Å². The molecule has 1 aromatic rings. The Labute approximate surface area is 84.9 Å². The fourth-order valence-electron chi connectivity index (χ4n) is 1.16. The van der Waals surface area contributed by atoms with E-state index in [1.54, 1.807) is 0 Å². The fourth-order valence-corrected chi connectivity index (χ4v) is 1.16. The smallest absolute Gasteiger partial charge is 0.124 e. The zero-order chi connectivity index (χ0) is 10.4. The molecule has 0 fully saturated rings. The number of aldehydes is 1. The fraction of sp³-hybridized carbons (Fsp3) is 0.417. The Hall–Kier alpha value is -1.31. The second kappa shape index (κ2) is 5.43. The summed E-state index contributed by atoms with van der Waals surface area (Å²) in [6, 6.07) is 7.66. The lowest BCUT2D eigenvalue weighted by Crippen LogP contribution is -2.06. The van der Waals surface area contributed by atoms with Crippen LogP contribution < -0.4 is 4.74 Å². The Bertz CT molecular complexity index is 292. The summed E-state index contributed by atoms with van der Waals surface area (Å²) in [4.78, 5) is 10.4. The summed E-state index contributed by atoms with van der Waals surface area (Å²) in [6.45, 7) is 4.89. The van der Waals surface area contributed by atoms with Gasteiger partial charge in [-0.1, -0.05) is 32.0 Å². The highest BCUT2D eigenvalue weighted by Gasteiger charge is 2.02. The second-order valence-corrected chi connectivity index (χ2v) is 3.68. The number of ether oxygens (including phenoxy) is 1. The van der Waals surface area contributed by atoms with Gasteiger partial charge in [-0.25, -0.2) is 0 Å². The lowest BCUT2D eigenvalue weighted by molar-refractivity contribution is -0.107. The molecular weight excluding hydrogens is 176 g/mol. The molecule has 0 spiro atoms. The first-order valence-electron chi connectivity index (χ1n) is 4.88. The van der Waals surface area contributed by atoms with Crippen molar-refractivity contribution in [2.45, 2.75) is 20.3 Å². The Morgan fingerprint density at radius 3 is 2.71 bits per heavy atom. The molecule has 14 heavy (non-hydrogen) atoms. The molecule has 0 saturated heterocycles. The monoisotopic (exact) mass is 192 g/mol. The molecule has 0 N–H and O–H groups in total. The van der Waals surface area contributed by atoms with Gasteiger partial charge in [0.2, 0.25) is 0 Å². The Kier molecular flexibility index (Phi) is 4.17. The van der Waals surface area contributed by atoms with E-state index in [-0.39, 0.29) is 0 Å². The molecule has 0 saturated carbocycles. The van der Waals surface area contributed by atoms with Crippen molar-refractivity contribution < 1.29 is 9.53 Å². The predicted molar refractivity (Wildman–Crippen MR) is 56.5 cm³/mol. The number of benzene rings is 1. The van der Waals surface area contributed by atoms with Crippen molar-refractivity contribution in [2.75, 3.05) is 6.61 Å². The summed E-state index contributed by atoms with van der Waals surface area (Å²) in [5.41, 5.74) is 0.961. The third-order valence-corrected chi connectivity index (χ3v) is 1.85. The van der Waals surface area contributed by atoms with Crippen LogP contribution >= 0.6 is 0 Å². The molecule has 0 amide bonds. The summed E-state index contributed by atoms with van der Waals surface area (Å²) in [7, 11) is 0. The third-order valence-electron chi connectivity index (χ3n) is 1.85. The van der Waals surface area contributed by atoms with Crippen LogP contribution in [0, 0.1) is 5.92 Å². The summed E-state index contributed by atoms with van der Waals surface area (Å²) in [6.07, 6.45) is 1.33. The zero-order valence-electron chi connectivity index (χ0n) is 8.69. The minimum Gasteiger partial charge on any atom is -0.493 e. The first kappa shape index (κ1) is 10.8. The van der Waals surface area contributed by atoms with E-state index in [0.717, 1.165) is 17.6 Å². The number of hydrogen-bond acceptors (Lipinski definition) is 2. The molecule has 0 aliphatic rings. The van der Waals surface area contributed by atoms with Crippen LogP contribution in [0.4, 0.5) is 0 Å². The van der Waals surface area contributed by atoms with Crippen LogP contribution in [0.3, 0.4) is 0 Å². The Balaban J connectivity index is 2.68. The van der Waals surface area contributed by atoms with Crippen molar-refractivity contribution in [3.8, 4) is 5.75 Å². The normalized spacial score (nSPS) is 10.2. The van der Waals surface area contributed by atoms with Crippen molar-refractivity contribution >= 4 is 6.29 Å². The van der Waals surface area contributed by atoms with Gasteiger partial charge in [0.1, 0.15) is 12.0 Å². The molecule has 0 aromatic heterocycles. The van der Waals surface area contributed by atoms with Crippen LogP contribution in [0.1, 0.15) is 19.4 Å². The quantitative estimate of drug-likeness (QED) is 0.670. The summed E-state index contributed by atoms with van der Waals surface area (Å²) in [5, 5.41) is 0. The van der Waals surface area contributed by atoms with Gasteiger partial charge in [-0.15, -0.1) is 0 Å². The molecule has 0 aliphatic carbocycles. The van der Waals surface area contributed by atoms with E-state index < -0.39 is 0 Å². The Morgan fingerprint density at radius 1 is 1.36 bits per heavy atom. The average Bonchev–Trinajstić information content (AvgIpc) is 2.17. The van der Waals surface area contributed by atoms with Crippen LogP contribution in [0.2, 0.25) is 0 Å². The topological polar surface area (TPSA) is 26.3 Å². The minimum absolute atomic E-state index is 0.425. The van der Waals surface area contributed by atoms with E-state index in [9.17, 15) is 4.79 Å². The maximum absolute atomic E-state index is 10.4. The van der Waals surface area contributed by atoms with Gasteiger partial charge in [0.05, 0.1) is 6.61 Å². The van der Waals surface area contributed by atoms with Crippen LogP contribution in [-0.2, 0) is 11.2 Å². The molecule has 0 heterocycles. The first-order chi connectivity index (χ1) is 6.74. The largest absolute Gasteiger partial charge is 0.493 e. The van der Waals surface area contributed by atoms with Gasteiger partial charge >= 0.3 is 0 Å². The molecule has 2 nitrogen and oxygen atoms in total. The highest BCUT2D eigenvalue weighted by atomic mass is 16.5. The van der Waals surface area contributed by atoms with Crippen LogP contribution in [0.5, 0.6) is 5.75 Å². The van der Waals surface area contributed by atoms with Gasteiger partial charge in [-0.05, 0) is 12.0 Å². The molecule has 2 heteroatoms. The van der Waals surface area contributed by atoms with Crippen LogP contribution in [0.15, 0.2) is 24.3 Å². The molecule has 0 unspecified atom stereocenters. The number of hydrogen-bond donors (Lipinski definition) is 0. The van der Waals surface area contributed by atoms with E-state index in [0.29, 0.717) is 18.9 Å². The van der Waals surface area contributed by atoms with Crippen molar-refractivity contribution in [1.29, 1.82) is 0 Å².